The van der Waals surface area contributed by atoms with Crippen LogP contribution in [0.15, 0.2) is 72.9 Å². The van der Waals surface area contributed by atoms with E-state index >= 15 is 0 Å². The van der Waals surface area contributed by atoms with E-state index in [1.165, 1.54) is 37.1 Å². The van der Waals surface area contributed by atoms with Gasteiger partial charge in [-0.2, -0.15) is 0 Å². The van der Waals surface area contributed by atoms with Crippen molar-refractivity contribution in [3.8, 4) is 22.4 Å². The standard InChI is InChI=1S/C25H27N3/c1-18-25(22-13-15-28(18)16-14-22)27-23-11-12-24(26-17-23)21-9-7-20(8-10-21)19-5-3-2-4-6-19/h2-12,17-18,22,25,27H,13-16H2,1H3. The zero-order chi connectivity index (χ0) is 18.9. The fourth-order valence-corrected chi connectivity index (χ4v) is 4.85. The van der Waals surface area contributed by atoms with Gasteiger partial charge in [-0.3, -0.25) is 9.88 Å². The maximum absolute atomic E-state index is 4.73. The Morgan fingerprint density at radius 2 is 1.50 bits per heavy atom. The van der Waals surface area contributed by atoms with Crippen molar-refractivity contribution in [2.75, 3.05) is 18.4 Å². The van der Waals surface area contributed by atoms with Gasteiger partial charge in [-0.15, -0.1) is 0 Å². The first-order valence-corrected chi connectivity index (χ1v) is 10.4. The first kappa shape index (κ1) is 17.4. The SMILES string of the molecule is CC1C(Nc2ccc(-c3ccc(-c4ccccc4)cc3)nc2)C2CCN1CC2. The Hall–Kier alpha value is -2.65. The first-order valence-electron chi connectivity index (χ1n) is 10.4. The summed E-state index contributed by atoms with van der Waals surface area (Å²) in [5.74, 6) is 0.796. The van der Waals surface area contributed by atoms with Crippen molar-refractivity contribution < 1.29 is 0 Å². The van der Waals surface area contributed by atoms with E-state index in [1.54, 1.807) is 0 Å². The fraction of sp³-hybridized carbons (Fsp3) is 0.320. The molecule has 2 bridgehead atoms. The van der Waals surface area contributed by atoms with Crippen LogP contribution < -0.4 is 5.32 Å². The molecular weight excluding hydrogens is 342 g/mol. The van der Waals surface area contributed by atoms with Gasteiger partial charge in [0, 0.05) is 17.6 Å². The minimum absolute atomic E-state index is 0.542. The molecule has 3 aliphatic heterocycles. The topological polar surface area (TPSA) is 28.2 Å². The third-order valence-electron chi connectivity index (χ3n) is 6.56. The largest absolute Gasteiger partial charge is 0.379 e. The number of hydrogen-bond acceptors (Lipinski definition) is 3. The van der Waals surface area contributed by atoms with E-state index in [2.05, 4.69) is 77.8 Å². The van der Waals surface area contributed by atoms with Crippen LogP contribution in [0, 0.1) is 5.92 Å². The van der Waals surface area contributed by atoms with Gasteiger partial charge in [0.2, 0.25) is 0 Å². The molecule has 1 aromatic heterocycles. The predicted molar refractivity (Wildman–Crippen MR) is 116 cm³/mol. The molecule has 142 valence electrons. The van der Waals surface area contributed by atoms with Crippen LogP contribution in [0.1, 0.15) is 19.8 Å². The van der Waals surface area contributed by atoms with Crippen LogP contribution in [0.5, 0.6) is 0 Å². The molecule has 3 heteroatoms. The first-order chi connectivity index (χ1) is 13.8. The number of nitrogens with one attached hydrogen (secondary N) is 1. The Morgan fingerprint density at radius 3 is 2.14 bits per heavy atom. The zero-order valence-corrected chi connectivity index (χ0v) is 16.4. The van der Waals surface area contributed by atoms with Gasteiger partial charge in [-0.05, 0) is 62.0 Å². The van der Waals surface area contributed by atoms with E-state index in [9.17, 15) is 0 Å². The summed E-state index contributed by atoms with van der Waals surface area (Å²) in [6.07, 6.45) is 4.63. The number of piperidine rings is 3. The van der Waals surface area contributed by atoms with Crippen LogP contribution in [-0.2, 0) is 0 Å². The number of nitrogens with zero attached hydrogens (tertiary/aromatic N) is 2. The molecular formula is C25H27N3. The molecule has 0 amide bonds. The van der Waals surface area contributed by atoms with Gasteiger partial charge >= 0.3 is 0 Å². The fourth-order valence-electron chi connectivity index (χ4n) is 4.85. The molecule has 0 saturated carbocycles. The average Bonchev–Trinajstić information content (AvgIpc) is 2.78. The quantitative estimate of drug-likeness (QED) is 0.675. The van der Waals surface area contributed by atoms with Gasteiger partial charge < -0.3 is 5.32 Å². The molecule has 2 atom stereocenters. The lowest BCUT2D eigenvalue weighted by Crippen LogP contribution is -2.59. The minimum Gasteiger partial charge on any atom is -0.379 e. The molecule has 28 heavy (non-hydrogen) atoms. The van der Waals surface area contributed by atoms with Crippen molar-refractivity contribution in [3.63, 3.8) is 0 Å². The highest BCUT2D eigenvalue weighted by molar-refractivity contribution is 5.69. The lowest BCUT2D eigenvalue weighted by Gasteiger charge is -2.50. The summed E-state index contributed by atoms with van der Waals surface area (Å²) >= 11 is 0. The lowest BCUT2D eigenvalue weighted by molar-refractivity contribution is 0.0458. The van der Waals surface area contributed by atoms with E-state index in [1.807, 2.05) is 12.3 Å². The Balaban J connectivity index is 1.30. The summed E-state index contributed by atoms with van der Waals surface area (Å²) in [6.45, 7) is 4.89. The molecule has 0 radical (unpaired) electrons. The van der Waals surface area contributed by atoms with Crippen LogP contribution >= 0.6 is 0 Å². The van der Waals surface area contributed by atoms with Crippen molar-refractivity contribution in [3.05, 3.63) is 72.9 Å². The highest BCUT2D eigenvalue weighted by Gasteiger charge is 2.39. The second-order valence-corrected chi connectivity index (χ2v) is 8.16. The maximum Gasteiger partial charge on any atom is 0.0703 e. The summed E-state index contributed by atoms with van der Waals surface area (Å²) in [7, 11) is 0. The van der Waals surface area contributed by atoms with E-state index in [0.29, 0.717) is 12.1 Å². The molecule has 3 nitrogen and oxygen atoms in total. The number of anilines is 1. The Kier molecular flexibility index (Phi) is 4.61. The molecule has 0 aliphatic carbocycles. The van der Waals surface area contributed by atoms with Crippen LogP contribution in [0.2, 0.25) is 0 Å². The van der Waals surface area contributed by atoms with Crippen LogP contribution in [0.3, 0.4) is 0 Å². The summed E-state index contributed by atoms with van der Waals surface area (Å²) in [6, 6.07) is 24.6. The number of pyridine rings is 1. The van der Waals surface area contributed by atoms with Crippen LogP contribution in [-0.4, -0.2) is 35.1 Å². The Labute approximate surface area is 167 Å². The van der Waals surface area contributed by atoms with Crippen molar-refractivity contribution in [2.45, 2.75) is 31.8 Å². The van der Waals surface area contributed by atoms with Gasteiger partial charge in [0.15, 0.2) is 0 Å². The molecule has 4 heterocycles. The van der Waals surface area contributed by atoms with E-state index < -0.39 is 0 Å². The summed E-state index contributed by atoms with van der Waals surface area (Å²) in [4.78, 5) is 7.35. The van der Waals surface area contributed by atoms with Gasteiger partial charge in [-0.25, -0.2) is 0 Å². The van der Waals surface area contributed by atoms with Crippen molar-refractivity contribution in [1.29, 1.82) is 0 Å². The molecule has 3 saturated heterocycles. The maximum atomic E-state index is 4.73. The lowest BCUT2D eigenvalue weighted by atomic mass is 9.79. The molecule has 6 rings (SSSR count). The van der Waals surface area contributed by atoms with Gasteiger partial charge in [0.25, 0.3) is 0 Å². The Morgan fingerprint density at radius 1 is 0.821 bits per heavy atom. The molecule has 3 aliphatic rings. The van der Waals surface area contributed by atoms with Crippen LogP contribution in [0.25, 0.3) is 22.4 Å². The monoisotopic (exact) mass is 369 g/mol. The van der Waals surface area contributed by atoms with Gasteiger partial charge in [-0.1, -0.05) is 54.6 Å². The smallest absolute Gasteiger partial charge is 0.0703 e. The van der Waals surface area contributed by atoms with Crippen molar-refractivity contribution >= 4 is 5.69 Å². The number of fused-ring (bicyclic) bond motifs is 3. The number of aromatic nitrogens is 1. The molecule has 1 N–H and O–H groups in total. The molecule has 2 unspecified atom stereocenters. The summed E-state index contributed by atoms with van der Waals surface area (Å²) in [5, 5.41) is 3.77. The van der Waals surface area contributed by atoms with Crippen molar-refractivity contribution in [1.82, 2.24) is 9.88 Å². The third kappa shape index (κ3) is 3.31. The van der Waals surface area contributed by atoms with Crippen molar-refractivity contribution in [2.24, 2.45) is 5.92 Å². The Bertz CT molecular complexity index is 908. The molecule has 3 aromatic rings. The third-order valence-corrected chi connectivity index (χ3v) is 6.56. The van der Waals surface area contributed by atoms with Gasteiger partial charge in [0.1, 0.15) is 0 Å². The predicted octanol–water partition coefficient (Wildman–Crippen LogP) is 5.31. The highest BCUT2D eigenvalue weighted by Crippen LogP contribution is 2.34. The number of rotatable bonds is 4. The molecule has 3 fully saturated rings. The molecule has 2 aromatic carbocycles. The number of benzene rings is 2. The van der Waals surface area contributed by atoms with Crippen LogP contribution in [0.4, 0.5) is 5.69 Å². The van der Waals surface area contributed by atoms with E-state index in [-0.39, 0.29) is 0 Å². The van der Waals surface area contributed by atoms with E-state index in [0.717, 1.165) is 22.9 Å². The zero-order valence-electron chi connectivity index (χ0n) is 16.4. The second kappa shape index (κ2) is 7.40. The highest BCUT2D eigenvalue weighted by atomic mass is 15.2. The average molecular weight is 370 g/mol. The molecule has 0 spiro atoms. The minimum atomic E-state index is 0.542. The van der Waals surface area contributed by atoms with E-state index in [4.69, 9.17) is 4.98 Å². The second-order valence-electron chi connectivity index (χ2n) is 8.16. The number of hydrogen-bond donors (Lipinski definition) is 1. The summed E-state index contributed by atoms with van der Waals surface area (Å²) < 4.78 is 0. The van der Waals surface area contributed by atoms with Gasteiger partial charge in [0.05, 0.1) is 17.6 Å². The summed E-state index contributed by atoms with van der Waals surface area (Å²) in [5.41, 5.74) is 5.79. The normalized spacial score (nSPS) is 26.2.